The second-order valence-electron chi connectivity index (χ2n) is 1.79. The zero-order valence-electron chi connectivity index (χ0n) is 5.81. The molecule has 8 heavy (non-hydrogen) atoms. The highest BCUT2D eigenvalue weighted by atomic mass is 16.7. The van der Waals surface area contributed by atoms with Crippen molar-refractivity contribution in [3.63, 3.8) is 0 Å². The molecule has 0 aromatic heterocycles. The van der Waals surface area contributed by atoms with Crippen LogP contribution in [0.5, 0.6) is 0 Å². The normalized spacial score (nSPS) is 13.9. The van der Waals surface area contributed by atoms with E-state index in [9.17, 15) is 0 Å². The molecule has 0 bridgehead atoms. The molecule has 0 saturated heterocycles. The maximum absolute atomic E-state index is 5.12. The van der Waals surface area contributed by atoms with Crippen LogP contribution in [0, 0.1) is 0 Å². The molecule has 0 aliphatic carbocycles. The topological polar surface area (TPSA) is 18.5 Å². The van der Waals surface area contributed by atoms with Gasteiger partial charge in [0.1, 0.15) is 6.79 Å². The monoisotopic (exact) mass is 118 g/mol. The first-order valence-electron chi connectivity index (χ1n) is 2.91. The summed E-state index contributed by atoms with van der Waals surface area (Å²) in [5.41, 5.74) is 0. The fraction of sp³-hybridized carbons (Fsp3) is 1.00. The minimum atomic E-state index is 0.329. The second kappa shape index (κ2) is 5.06. The van der Waals surface area contributed by atoms with Gasteiger partial charge in [-0.3, -0.25) is 0 Å². The molecule has 1 atom stereocenters. The van der Waals surface area contributed by atoms with Crippen LogP contribution in [0.2, 0.25) is 0 Å². The lowest BCUT2D eigenvalue weighted by atomic mass is 10.3. The van der Waals surface area contributed by atoms with Gasteiger partial charge in [-0.2, -0.15) is 0 Å². The van der Waals surface area contributed by atoms with Crippen LogP contribution < -0.4 is 0 Å². The molecule has 2 nitrogen and oxygen atoms in total. The Hall–Kier alpha value is -0.0800. The average molecular weight is 118 g/mol. The van der Waals surface area contributed by atoms with Gasteiger partial charge >= 0.3 is 0 Å². The fourth-order valence-corrected chi connectivity index (χ4v) is 0.302. The summed E-state index contributed by atoms with van der Waals surface area (Å²) in [6.07, 6.45) is 1.37. The van der Waals surface area contributed by atoms with Crippen molar-refractivity contribution < 1.29 is 9.47 Å². The van der Waals surface area contributed by atoms with Crippen molar-refractivity contribution in [2.24, 2.45) is 0 Å². The van der Waals surface area contributed by atoms with Gasteiger partial charge < -0.3 is 9.47 Å². The Bertz CT molecular complexity index is 45.8. The third-order valence-electron chi connectivity index (χ3n) is 1.05. The molecule has 50 valence electrons. The van der Waals surface area contributed by atoms with E-state index in [0.717, 1.165) is 6.42 Å². The molecule has 0 aromatic rings. The van der Waals surface area contributed by atoms with E-state index >= 15 is 0 Å². The Kier molecular flexibility index (Phi) is 5.01. The summed E-state index contributed by atoms with van der Waals surface area (Å²) in [7, 11) is 1.63. The van der Waals surface area contributed by atoms with E-state index in [1.807, 2.05) is 6.92 Å². The Balaban J connectivity index is 2.86. The zero-order chi connectivity index (χ0) is 6.41. The van der Waals surface area contributed by atoms with Crippen LogP contribution >= 0.6 is 0 Å². The largest absolute Gasteiger partial charge is 0.359 e. The molecule has 0 radical (unpaired) electrons. The van der Waals surface area contributed by atoms with Gasteiger partial charge in [-0.05, 0) is 13.3 Å². The summed E-state index contributed by atoms with van der Waals surface area (Å²) in [5, 5.41) is 0. The molecule has 0 aliphatic heterocycles. The van der Waals surface area contributed by atoms with E-state index < -0.39 is 0 Å². The van der Waals surface area contributed by atoms with Crippen LogP contribution in [0.4, 0.5) is 0 Å². The SMILES string of the molecule is CCC(C)OCOC. The van der Waals surface area contributed by atoms with Gasteiger partial charge in [0.2, 0.25) is 0 Å². The van der Waals surface area contributed by atoms with Crippen molar-refractivity contribution >= 4 is 0 Å². The first-order valence-corrected chi connectivity index (χ1v) is 2.91. The van der Waals surface area contributed by atoms with Crippen LogP contribution in [0.15, 0.2) is 0 Å². The molecular formula is C6H14O2. The zero-order valence-corrected chi connectivity index (χ0v) is 5.81. The van der Waals surface area contributed by atoms with E-state index in [2.05, 4.69) is 6.92 Å². The first-order chi connectivity index (χ1) is 3.81. The molecule has 0 fully saturated rings. The molecular weight excluding hydrogens is 104 g/mol. The van der Waals surface area contributed by atoms with Crippen LogP contribution in [-0.2, 0) is 9.47 Å². The van der Waals surface area contributed by atoms with Crippen molar-refractivity contribution in [2.75, 3.05) is 13.9 Å². The molecule has 0 aliphatic rings. The van der Waals surface area contributed by atoms with Gasteiger partial charge in [-0.15, -0.1) is 0 Å². The lowest BCUT2D eigenvalue weighted by Gasteiger charge is -2.07. The summed E-state index contributed by atoms with van der Waals surface area (Å²) in [4.78, 5) is 0. The molecule has 2 heteroatoms. The summed E-state index contributed by atoms with van der Waals surface area (Å²) in [6, 6.07) is 0. The van der Waals surface area contributed by atoms with Crippen LogP contribution in [0.3, 0.4) is 0 Å². The lowest BCUT2D eigenvalue weighted by Crippen LogP contribution is -2.07. The Morgan fingerprint density at radius 1 is 1.50 bits per heavy atom. The summed E-state index contributed by atoms with van der Waals surface area (Å²) >= 11 is 0. The quantitative estimate of drug-likeness (QED) is 0.519. The predicted octanol–water partition coefficient (Wildman–Crippen LogP) is 1.41. The van der Waals surface area contributed by atoms with Crippen molar-refractivity contribution in [3.8, 4) is 0 Å². The molecule has 0 aromatic carbocycles. The maximum atomic E-state index is 5.12. The number of methoxy groups -OCH3 is 1. The first kappa shape index (κ1) is 7.92. The van der Waals surface area contributed by atoms with Gasteiger partial charge in [-0.25, -0.2) is 0 Å². The highest BCUT2D eigenvalue weighted by molar-refractivity contribution is 4.40. The highest BCUT2D eigenvalue weighted by Crippen LogP contribution is 1.93. The highest BCUT2D eigenvalue weighted by Gasteiger charge is 1.94. The summed E-state index contributed by atoms with van der Waals surface area (Å²) in [6.45, 7) is 4.52. The summed E-state index contributed by atoms with van der Waals surface area (Å²) < 4.78 is 9.81. The van der Waals surface area contributed by atoms with Crippen molar-refractivity contribution in [1.29, 1.82) is 0 Å². The molecule has 0 heterocycles. The van der Waals surface area contributed by atoms with E-state index in [0.29, 0.717) is 12.9 Å². The maximum Gasteiger partial charge on any atom is 0.146 e. The predicted molar refractivity (Wildman–Crippen MR) is 32.7 cm³/mol. The van der Waals surface area contributed by atoms with Gasteiger partial charge in [0.15, 0.2) is 0 Å². The smallest absolute Gasteiger partial charge is 0.146 e. The van der Waals surface area contributed by atoms with E-state index in [-0.39, 0.29) is 0 Å². The van der Waals surface area contributed by atoms with Gasteiger partial charge in [0.05, 0.1) is 6.10 Å². The summed E-state index contributed by atoms with van der Waals surface area (Å²) in [5.74, 6) is 0. The van der Waals surface area contributed by atoms with Crippen molar-refractivity contribution in [3.05, 3.63) is 0 Å². The third-order valence-corrected chi connectivity index (χ3v) is 1.05. The molecule has 0 rings (SSSR count). The van der Waals surface area contributed by atoms with Gasteiger partial charge in [-0.1, -0.05) is 6.92 Å². The van der Waals surface area contributed by atoms with Crippen molar-refractivity contribution in [1.82, 2.24) is 0 Å². The van der Waals surface area contributed by atoms with Crippen LogP contribution in [0.1, 0.15) is 20.3 Å². The minimum Gasteiger partial charge on any atom is -0.359 e. The van der Waals surface area contributed by atoms with Crippen LogP contribution in [-0.4, -0.2) is 20.0 Å². The molecule has 0 amide bonds. The fourth-order valence-electron chi connectivity index (χ4n) is 0.302. The third kappa shape index (κ3) is 4.09. The van der Waals surface area contributed by atoms with E-state index in [1.165, 1.54) is 0 Å². The van der Waals surface area contributed by atoms with E-state index in [1.54, 1.807) is 7.11 Å². The Labute approximate surface area is 50.8 Å². The molecule has 1 unspecified atom stereocenters. The number of hydrogen-bond acceptors (Lipinski definition) is 2. The number of rotatable bonds is 4. The van der Waals surface area contributed by atoms with Crippen LogP contribution in [0.25, 0.3) is 0 Å². The number of hydrogen-bond donors (Lipinski definition) is 0. The van der Waals surface area contributed by atoms with Crippen molar-refractivity contribution in [2.45, 2.75) is 26.4 Å². The second-order valence-corrected chi connectivity index (χ2v) is 1.79. The Morgan fingerprint density at radius 3 is 2.50 bits per heavy atom. The van der Waals surface area contributed by atoms with E-state index in [4.69, 9.17) is 9.47 Å². The average Bonchev–Trinajstić information content (AvgIpc) is 1.83. The molecule has 0 spiro atoms. The molecule has 0 saturated carbocycles. The lowest BCUT2D eigenvalue weighted by molar-refractivity contribution is -0.0658. The minimum absolute atomic E-state index is 0.329. The Morgan fingerprint density at radius 2 is 2.12 bits per heavy atom. The van der Waals surface area contributed by atoms with Gasteiger partial charge in [0, 0.05) is 7.11 Å². The molecule has 0 N–H and O–H groups in total. The number of ether oxygens (including phenoxy) is 2. The standard InChI is InChI=1S/C6H14O2/c1-4-6(2)8-5-7-3/h6H,4-5H2,1-3H3. The van der Waals surface area contributed by atoms with Gasteiger partial charge in [0.25, 0.3) is 0 Å².